The lowest BCUT2D eigenvalue weighted by atomic mass is 10.1. The number of nitrogens with two attached hydrogens (primary N) is 1. The highest BCUT2D eigenvalue weighted by Crippen LogP contribution is 2.37. The van der Waals surface area contributed by atoms with Crippen molar-refractivity contribution in [1.29, 1.82) is 0 Å². The summed E-state index contributed by atoms with van der Waals surface area (Å²) in [6.07, 6.45) is 0. The van der Waals surface area contributed by atoms with Crippen molar-refractivity contribution in [3.63, 3.8) is 0 Å². The molecule has 24 heavy (non-hydrogen) atoms. The third-order valence-electron chi connectivity index (χ3n) is 3.73. The first-order valence-electron chi connectivity index (χ1n) is 7.17. The van der Waals surface area contributed by atoms with E-state index in [4.69, 9.17) is 5.73 Å². The molecule has 0 aliphatic rings. The van der Waals surface area contributed by atoms with Crippen LogP contribution in [0.1, 0.15) is 5.56 Å². The van der Waals surface area contributed by atoms with E-state index in [0.29, 0.717) is 17.3 Å². The number of nitrogen functional groups attached to an aromatic ring is 1. The van der Waals surface area contributed by atoms with E-state index in [1.54, 1.807) is 18.2 Å². The van der Waals surface area contributed by atoms with Crippen LogP contribution in [0.15, 0.2) is 59.5 Å². The second kappa shape index (κ2) is 6.03. The highest BCUT2D eigenvalue weighted by atomic mass is 32.2. The first-order valence-corrected chi connectivity index (χ1v) is 8.61. The highest BCUT2D eigenvalue weighted by molar-refractivity contribution is 7.86. The number of hydrogen-bond acceptors (Lipinski definition) is 5. The van der Waals surface area contributed by atoms with E-state index in [-0.39, 0.29) is 11.4 Å². The number of hydrogen-bond donors (Lipinski definition) is 4. The number of phenols is 1. The van der Waals surface area contributed by atoms with Gasteiger partial charge in [-0.05, 0) is 35.2 Å². The van der Waals surface area contributed by atoms with Gasteiger partial charge in [-0.2, -0.15) is 8.42 Å². The normalized spacial score (nSPS) is 11.5. The minimum Gasteiger partial charge on any atom is -0.505 e. The molecule has 0 spiro atoms. The average molecular weight is 344 g/mol. The molecule has 3 rings (SSSR count). The molecule has 0 bridgehead atoms. The molecule has 7 heteroatoms. The molecule has 5 N–H and O–H groups in total. The van der Waals surface area contributed by atoms with Crippen molar-refractivity contribution in [1.82, 2.24) is 0 Å². The van der Waals surface area contributed by atoms with E-state index < -0.39 is 15.0 Å². The largest absolute Gasteiger partial charge is 0.505 e. The summed E-state index contributed by atoms with van der Waals surface area (Å²) in [5.74, 6) is -0.366. The molecule has 0 amide bonds. The molecule has 0 heterocycles. The van der Waals surface area contributed by atoms with Crippen molar-refractivity contribution in [2.75, 3.05) is 11.1 Å². The van der Waals surface area contributed by atoms with Gasteiger partial charge in [-0.25, -0.2) is 0 Å². The van der Waals surface area contributed by atoms with Gasteiger partial charge in [0.25, 0.3) is 10.1 Å². The van der Waals surface area contributed by atoms with Crippen molar-refractivity contribution in [2.24, 2.45) is 0 Å². The third-order valence-corrected chi connectivity index (χ3v) is 4.62. The van der Waals surface area contributed by atoms with Gasteiger partial charge in [-0.3, -0.25) is 4.55 Å². The zero-order chi connectivity index (χ0) is 17.3. The summed E-state index contributed by atoms with van der Waals surface area (Å²) in [5, 5.41) is 14.2. The summed E-state index contributed by atoms with van der Waals surface area (Å²) in [6.45, 7) is 0.596. The molecule has 6 nitrogen and oxygen atoms in total. The first-order chi connectivity index (χ1) is 11.4. The Kier molecular flexibility index (Phi) is 4.04. The van der Waals surface area contributed by atoms with Gasteiger partial charge in [-0.15, -0.1) is 0 Å². The first kappa shape index (κ1) is 16.1. The second-order valence-electron chi connectivity index (χ2n) is 5.39. The van der Waals surface area contributed by atoms with Crippen LogP contribution in [0.5, 0.6) is 5.75 Å². The fourth-order valence-corrected chi connectivity index (χ4v) is 3.15. The standard InChI is InChI=1S/C17H16N2O4S/c18-16-15(24(21,22)23)9-12-8-13(6-7-14(12)17(16)20)19-10-11-4-2-1-3-5-11/h1-9,19-20H,10,18H2,(H,21,22,23). The molecule has 3 aromatic carbocycles. The van der Waals surface area contributed by atoms with E-state index in [9.17, 15) is 18.1 Å². The van der Waals surface area contributed by atoms with Crippen LogP contribution in [0, 0.1) is 0 Å². The molecule has 3 aromatic rings. The summed E-state index contributed by atoms with van der Waals surface area (Å²) in [4.78, 5) is -0.507. The number of phenolic OH excluding ortho intramolecular Hbond substituents is 1. The summed E-state index contributed by atoms with van der Waals surface area (Å²) in [7, 11) is -4.52. The minimum absolute atomic E-state index is 0.366. The Morgan fingerprint density at radius 3 is 2.42 bits per heavy atom. The predicted molar refractivity (Wildman–Crippen MR) is 93.6 cm³/mol. The van der Waals surface area contributed by atoms with E-state index >= 15 is 0 Å². The van der Waals surface area contributed by atoms with Crippen LogP contribution in [0.3, 0.4) is 0 Å². The number of rotatable bonds is 4. The van der Waals surface area contributed by atoms with Gasteiger partial charge in [0.15, 0.2) is 0 Å². The van der Waals surface area contributed by atoms with Crippen LogP contribution in [0.4, 0.5) is 11.4 Å². The number of aromatic hydroxyl groups is 1. The predicted octanol–water partition coefficient (Wildman–Crippen LogP) is 2.99. The second-order valence-corrected chi connectivity index (χ2v) is 6.78. The minimum atomic E-state index is -4.52. The fraction of sp³-hybridized carbons (Fsp3) is 0.0588. The Labute approximate surface area is 139 Å². The lowest BCUT2D eigenvalue weighted by Gasteiger charge is -2.11. The number of fused-ring (bicyclic) bond motifs is 1. The van der Waals surface area contributed by atoms with Crippen molar-refractivity contribution < 1.29 is 18.1 Å². The van der Waals surface area contributed by atoms with Gasteiger partial charge in [0, 0.05) is 17.6 Å². The monoisotopic (exact) mass is 344 g/mol. The van der Waals surface area contributed by atoms with Crippen LogP contribution in [-0.2, 0) is 16.7 Å². The maximum absolute atomic E-state index is 11.4. The topological polar surface area (TPSA) is 113 Å². The van der Waals surface area contributed by atoms with Crippen LogP contribution < -0.4 is 11.1 Å². The van der Waals surface area contributed by atoms with Gasteiger partial charge < -0.3 is 16.2 Å². The summed E-state index contributed by atoms with van der Waals surface area (Å²) in [6, 6.07) is 16.1. The molecular formula is C17H16N2O4S. The Morgan fingerprint density at radius 2 is 1.75 bits per heavy atom. The van der Waals surface area contributed by atoms with E-state index in [1.807, 2.05) is 30.3 Å². The Hall–Kier alpha value is -2.77. The SMILES string of the molecule is Nc1c(S(=O)(=O)O)cc2cc(NCc3ccccc3)ccc2c1O. The lowest BCUT2D eigenvalue weighted by Crippen LogP contribution is -2.04. The maximum Gasteiger partial charge on any atom is 0.296 e. The Morgan fingerprint density at radius 1 is 1.04 bits per heavy atom. The average Bonchev–Trinajstić information content (AvgIpc) is 2.56. The van der Waals surface area contributed by atoms with E-state index in [1.165, 1.54) is 6.07 Å². The van der Waals surface area contributed by atoms with Gasteiger partial charge in [0.05, 0.1) is 5.69 Å². The molecule has 124 valence electrons. The molecule has 0 aliphatic heterocycles. The van der Waals surface area contributed by atoms with E-state index in [2.05, 4.69) is 5.32 Å². The van der Waals surface area contributed by atoms with Crippen molar-refractivity contribution >= 4 is 32.3 Å². The molecular weight excluding hydrogens is 328 g/mol. The summed E-state index contributed by atoms with van der Waals surface area (Å²) in [5.41, 5.74) is 7.08. The third kappa shape index (κ3) is 3.12. The smallest absolute Gasteiger partial charge is 0.296 e. The van der Waals surface area contributed by atoms with Crippen LogP contribution in [0.2, 0.25) is 0 Å². The maximum atomic E-state index is 11.4. The Balaban J connectivity index is 1.99. The highest BCUT2D eigenvalue weighted by Gasteiger charge is 2.19. The Bertz CT molecular complexity index is 1000. The molecule has 0 saturated heterocycles. The quantitative estimate of drug-likeness (QED) is 0.329. The number of benzene rings is 3. The van der Waals surface area contributed by atoms with Crippen LogP contribution in [-0.4, -0.2) is 18.1 Å². The zero-order valence-corrected chi connectivity index (χ0v) is 13.4. The van der Waals surface area contributed by atoms with Gasteiger partial charge in [0.1, 0.15) is 10.6 Å². The number of nitrogens with one attached hydrogen (secondary N) is 1. The van der Waals surface area contributed by atoms with Crippen molar-refractivity contribution in [3.8, 4) is 5.75 Å². The van der Waals surface area contributed by atoms with E-state index in [0.717, 1.165) is 11.3 Å². The molecule has 0 aromatic heterocycles. The molecule has 0 saturated carbocycles. The molecule has 0 aliphatic carbocycles. The van der Waals surface area contributed by atoms with Crippen LogP contribution in [0.25, 0.3) is 10.8 Å². The lowest BCUT2D eigenvalue weighted by molar-refractivity contribution is 0.473. The molecule has 0 atom stereocenters. The van der Waals surface area contributed by atoms with Crippen LogP contribution >= 0.6 is 0 Å². The summed E-state index contributed by atoms with van der Waals surface area (Å²) < 4.78 is 32.0. The van der Waals surface area contributed by atoms with Gasteiger partial charge in [-0.1, -0.05) is 30.3 Å². The van der Waals surface area contributed by atoms with Crippen molar-refractivity contribution in [3.05, 3.63) is 60.2 Å². The fourth-order valence-electron chi connectivity index (χ4n) is 2.50. The van der Waals surface area contributed by atoms with Gasteiger partial charge >= 0.3 is 0 Å². The molecule has 0 radical (unpaired) electrons. The molecule has 0 unspecified atom stereocenters. The summed E-state index contributed by atoms with van der Waals surface area (Å²) >= 11 is 0. The molecule has 0 fully saturated rings. The number of anilines is 2. The van der Waals surface area contributed by atoms with Gasteiger partial charge in [0.2, 0.25) is 0 Å². The zero-order valence-electron chi connectivity index (χ0n) is 12.6. The van der Waals surface area contributed by atoms with Crippen molar-refractivity contribution in [2.45, 2.75) is 11.4 Å².